The fraction of sp³-hybridized carbons (Fsp3) is 0.536. The first-order chi connectivity index (χ1) is 18.4. The Kier molecular flexibility index (Phi) is 8.75. The van der Waals surface area contributed by atoms with Crippen molar-refractivity contribution in [1.29, 1.82) is 0 Å². The molecule has 0 spiro atoms. The maximum Gasteiger partial charge on any atom is 0.257 e. The Morgan fingerprint density at radius 3 is 2.23 bits per heavy atom. The van der Waals surface area contributed by atoms with Crippen molar-refractivity contribution in [2.45, 2.75) is 68.2 Å². The molecule has 0 bridgehead atoms. The molecule has 11 heteroatoms. The SMILES string of the molecule is CCCCCCCS(=O)(=O)c1ccc(NC(=O)c2cc(N3CC4C(C3)C4(C)N)ccc2S(=O)(=O)NCC)cc1. The zero-order valence-electron chi connectivity index (χ0n) is 22.9. The van der Waals surface area contributed by atoms with Crippen molar-refractivity contribution in [3.05, 3.63) is 48.0 Å². The van der Waals surface area contributed by atoms with Crippen LogP contribution >= 0.6 is 0 Å². The number of carbonyl (C=O) groups excluding carboxylic acids is 1. The molecule has 2 aromatic rings. The second-order valence-electron chi connectivity index (χ2n) is 10.9. The highest BCUT2D eigenvalue weighted by Crippen LogP contribution is 2.53. The molecule has 2 fully saturated rings. The lowest BCUT2D eigenvalue weighted by atomic mass is 10.1. The maximum absolute atomic E-state index is 13.4. The highest BCUT2D eigenvalue weighted by Gasteiger charge is 2.63. The van der Waals surface area contributed by atoms with Gasteiger partial charge in [0.1, 0.15) is 0 Å². The van der Waals surface area contributed by atoms with Crippen molar-refractivity contribution in [2.24, 2.45) is 17.6 Å². The van der Waals surface area contributed by atoms with E-state index in [9.17, 15) is 21.6 Å². The maximum atomic E-state index is 13.4. The van der Waals surface area contributed by atoms with E-state index in [-0.39, 0.29) is 33.2 Å². The number of sulfone groups is 1. The number of hydrogen-bond acceptors (Lipinski definition) is 7. The molecule has 9 nitrogen and oxygen atoms in total. The number of anilines is 2. The van der Waals surface area contributed by atoms with Gasteiger partial charge in [-0.3, -0.25) is 4.79 Å². The van der Waals surface area contributed by atoms with Crippen molar-refractivity contribution < 1.29 is 21.6 Å². The van der Waals surface area contributed by atoms with Gasteiger partial charge in [0.25, 0.3) is 5.91 Å². The largest absolute Gasteiger partial charge is 0.371 e. The van der Waals surface area contributed by atoms with Crippen LogP contribution in [0, 0.1) is 11.8 Å². The minimum Gasteiger partial charge on any atom is -0.371 e. The van der Waals surface area contributed by atoms with Crippen LogP contribution in [-0.4, -0.2) is 53.7 Å². The summed E-state index contributed by atoms with van der Waals surface area (Å²) in [5.41, 5.74) is 7.29. The Balaban J connectivity index is 1.51. The number of amides is 1. The summed E-state index contributed by atoms with van der Waals surface area (Å²) in [5.74, 6) is 0.257. The van der Waals surface area contributed by atoms with E-state index in [1.165, 1.54) is 30.3 Å². The highest BCUT2D eigenvalue weighted by molar-refractivity contribution is 7.91. The zero-order valence-corrected chi connectivity index (χ0v) is 24.6. The summed E-state index contributed by atoms with van der Waals surface area (Å²) in [4.78, 5) is 15.6. The third-order valence-corrected chi connectivity index (χ3v) is 11.4. The molecular formula is C28H40N4O5S2. The van der Waals surface area contributed by atoms with E-state index >= 15 is 0 Å². The summed E-state index contributed by atoms with van der Waals surface area (Å²) in [6.07, 6.45) is 4.71. The van der Waals surface area contributed by atoms with Gasteiger partial charge in [0.05, 0.1) is 21.1 Å². The van der Waals surface area contributed by atoms with Crippen LogP contribution in [0.1, 0.15) is 63.2 Å². The van der Waals surface area contributed by atoms with Crippen molar-refractivity contribution in [1.82, 2.24) is 4.72 Å². The molecule has 1 saturated carbocycles. The number of nitrogens with two attached hydrogens (primary N) is 1. The van der Waals surface area contributed by atoms with Crippen LogP contribution in [0.15, 0.2) is 52.3 Å². The zero-order chi connectivity index (χ0) is 28.4. The second kappa shape index (κ2) is 11.6. The Labute approximate surface area is 232 Å². The van der Waals surface area contributed by atoms with Gasteiger partial charge < -0.3 is 16.0 Å². The molecule has 2 atom stereocenters. The topological polar surface area (TPSA) is 139 Å². The second-order valence-corrected chi connectivity index (χ2v) is 14.7. The van der Waals surface area contributed by atoms with Crippen LogP contribution in [0.4, 0.5) is 11.4 Å². The van der Waals surface area contributed by atoms with Crippen LogP contribution in [0.3, 0.4) is 0 Å². The van der Waals surface area contributed by atoms with Gasteiger partial charge in [0.15, 0.2) is 9.84 Å². The molecule has 214 valence electrons. The molecule has 2 unspecified atom stereocenters. The molecule has 2 aliphatic rings. The molecule has 1 heterocycles. The van der Waals surface area contributed by atoms with E-state index in [2.05, 4.69) is 28.8 Å². The first-order valence-corrected chi connectivity index (χ1v) is 16.9. The van der Waals surface area contributed by atoms with E-state index in [1.807, 2.05) is 0 Å². The van der Waals surface area contributed by atoms with Crippen molar-refractivity contribution in [3.63, 3.8) is 0 Å². The number of rotatable bonds is 13. The van der Waals surface area contributed by atoms with Gasteiger partial charge >= 0.3 is 0 Å². The molecule has 4 N–H and O–H groups in total. The van der Waals surface area contributed by atoms with E-state index in [1.54, 1.807) is 19.1 Å². The predicted octanol–water partition coefficient (Wildman–Crippen LogP) is 3.76. The summed E-state index contributed by atoms with van der Waals surface area (Å²) in [6.45, 7) is 7.53. The number of nitrogens with zero attached hydrogens (tertiary/aromatic N) is 1. The van der Waals surface area contributed by atoms with Crippen molar-refractivity contribution >= 4 is 37.1 Å². The number of sulfonamides is 1. The lowest BCUT2D eigenvalue weighted by molar-refractivity contribution is 0.102. The average molecular weight is 577 g/mol. The minimum absolute atomic E-state index is 0.0216. The average Bonchev–Trinajstić information content (AvgIpc) is 3.20. The van der Waals surface area contributed by atoms with Gasteiger partial charge in [-0.05, 0) is 55.8 Å². The van der Waals surface area contributed by atoms with Gasteiger partial charge in [0, 0.05) is 48.4 Å². The van der Waals surface area contributed by atoms with Gasteiger partial charge in [0.2, 0.25) is 10.0 Å². The van der Waals surface area contributed by atoms with Gasteiger partial charge in [-0.1, -0.05) is 39.5 Å². The van der Waals surface area contributed by atoms with Gasteiger partial charge in [-0.15, -0.1) is 0 Å². The molecule has 0 radical (unpaired) electrons. The number of fused-ring (bicyclic) bond motifs is 1. The number of carbonyl (C=O) groups is 1. The van der Waals surface area contributed by atoms with E-state index in [0.717, 1.165) is 44.5 Å². The normalized spacial score (nSPS) is 22.5. The number of benzene rings is 2. The van der Waals surface area contributed by atoms with Gasteiger partial charge in [-0.25, -0.2) is 21.6 Å². The summed E-state index contributed by atoms with van der Waals surface area (Å²) < 4.78 is 53.6. The minimum atomic E-state index is -3.91. The van der Waals surface area contributed by atoms with Gasteiger partial charge in [-0.2, -0.15) is 0 Å². The van der Waals surface area contributed by atoms with Crippen molar-refractivity contribution in [2.75, 3.05) is 35.6 Å². The molecule has 1 saturated heterocycles. The summed E-state index contributed by atoms with van der Waals surface area (Å²) >= 11 is 0. The highest BCUT2D eigenvalue weighted by atomic mass is 32.2. The fourth-order valence-corrected chi connectivity index (χ4v) is 8.08. The Bertz CT molecular complexity index is 1390. The Morgan fingerprint density at radius 1 is 0.974 bits per heavy atom. The summed E-state index contributed by atoms with van der Waals surface area (Å²) in [6, 6.07) is 10.8. The third kappa shape index (κ3) is 6.48. The monoisotopic (exact) mass is 576 g/mol. The molecule has 2 aromatic carbocycles. The van der Waals surface area contributed by atoms with Crippen LogP contribution in [-0.2, 0) is 19.9 Å². The summed E-state index contributed by atoms with van der Waals surface area (Å²) in [7, 11) is -7.33. The molecule has 39 heavy (non-hydrogen) atoms. The van der Waals surface area contributed by atoms with Crippen LogP contribution in [0.2, 0.25) is 0 Å². The number of unbranched alkanes of at least 4 members (excludes halogenated alkanes) is 4. The predicted molar refractivity (Wildman–Crippen MR) is 154 cm³/mol. The Hall–Kier alpha value is -2.47. The van der Waals surface area contributed by atoms with Crippen LogP contribution in [0.5, 0.6) is 0 Å². The molecule has 1 aliphatic carbocycles. The molecule has 1 aliphatic heterocycles. The molecule has 4 rings (SSSR count). The van der Waals surface area contributed by atoms with Crippen LogP contribution < -0.4 is 20.7 Å². The molecule has 1 amide bonds. The summed E-state index contributed by atoms with van der Waals surface area (Å²) in [5, 5.41) is 2.74. The number of hydrogen-bond donors (Lipinski definition) is 3. The van der Waals surface area contributed by atoms with Crippen molar-refractivity contribution in [3.8, 4) is 0 Å². The smallest absolute Gasteiger partial charge is 0.257 e. The Morgan fingerprint density at radius 2 is 1.62 bits per heavy atom. The number of piperidine rings is 1. The van der Waals surface area contributed by atoms with E-state index < -0.39 is 25.8 Å². The first-order valence-electron chi connectivity index (χ1n) is 13.7. The molecule has 0 aromatic heterocycles. The van der Waals surface area contributed by atoms with E-state index in [4.69, 9.17) is 5.73 Å². The lowest BCUT2D eigenvalue weighted by Gasteiger charge is -2.25. The quantitative estimate of drug-likeness (QED) is 0.309. The lowest BCUT2D eigenvalue weighted by Crippen LogP contribution is -2.35. The fourth-order valence-electron chi connectivity index (χ4n) is 5.48. The van der Waals surface area contributed by atoms with E-state index in [0.29, 0.717) is 23.9 Å². The standard InChI is InChI=1S/C28H40N4O5S2/c1-4-6-7-8-9-16-38(34,35)22-13-10-20(11-14-22)31-27(33)23-17-21(12-15-26(23)39(36,37)30-5-2)32-18-24-25(19-32)28(24,3)29/h10-15,17,24-25,30H,4-9,16,18-19,29H2,1-3H3,(H,31,33). The molecular weight excluding hydrogens is 536 g/mol. The third-order valence-electron chi connectivity index (χ3n) is 7.99. The van der Waals surface area contributed by atoms with Crippen LogP contribution in [0.25, 0.3) is 0 Å². The number of nitrogens with one attached hydrogen (secondary N) is 2. The first kappa shape index (κ1) is 29.5.